The Balaban J connectivity index is 2.66. The van der Waals surface area contributed by atoms with Crippen molar-refractivity contribution in [3.05, 3.63) is 0 Å². The third-order valence-corrected chi connectivity index (χ3v) is 3.26. The van der Waals surface area contributed by atoms with Crippen molar-refractivity contribution in [1.82, 2.24) is 0 Å². The highest BCUT2D eigenvalue weighted by molar-refractivity contribution is 5.81. The van der Waals surface area contributed by atoms with Crippen LogP contribution in [0.15, 0.2) is 0 Å². The van der Waals surface area contributed by atoms with Crippen molar-refractivity contribution in [1.29, 1.82) is 0 Å². The van der Waals surface area contributed by atoms with Gasteiger partial charge in [-0.3, -0.25) is 9.59 Å². The van der Waals surface area contributed by atoms with E-state index in [0.29, 0.717) is 6.42 Å². The van der Waals surface area contributed by atoms with Crippen molar-refractivity contribution in [3.8, 4) is 0 Å². The molecule has 16 heavy (non-hydrogen) atoms. The highest BCUT2D eigenvalue weighted by Crippen LogP contribution is 2.52. The quantitative estimate of drug-likeness (QED) is 0.735. The van der Waals surface area contributed by atoms with Gasteiger partial charge in [0.15, 0.2) is 0 Å². The molecule has 0 unspecified atom stereocenters. The first-order valence-electron chi connectivity index (χ1n) is 5.51. The monoisotopic (exact) mass is 228 g/mol. The summed E-state index contributed by atoms with van der Waals surface area (Å²) in [6, 6.07) is 0. The van der Waals surface area contributed by atoms with E-state index in [0.717, 1.165) is 0 Å². The molecule has 1 N–H and O–H groups in total. The van der Waals surface area contributed by atoms with E-state index in [-0.39, 0.29) is 11.9 Å². The zero-order valence-electron chi connectivity index (χ0n) is 10.5. The van der Waals surface area contributed by atoms with E-state index in [1.54, 1.807) is 0 Å². The van der Waals surface area contributed by atoms with Crippen molar-refractivity contribution < 1.29 is 19.4 Å². The van der Waals surface area contributed by atoms with Crippen LogP contribution < -0.4 is 0 Å². The molecule has 0 aliphatic heterocycles. The van der Waals surface area contributed by atoms with E-state index in [1.165, 1.54) is 0 Å². The maximum absolute atomic E-state index is 11.8. The van der Waals surface area contributed by atoms with Gasteiger partial charge in [-0.2, -0.15) is 0 Å². The van der Waals surface area contributed by atoms with Crippen LogP contribution in [0.5, 0.6) is 0 Å². The lowest BCUT2D eigenvalue weighted by atomic mass is 9.55. The van der Waals surface area contributed by atoms with Gasteiger partial charge in [0.25, 0.3) is 0 Å². The molecule has 0 aromatic heterocycles. The van der Waals surface area contributed by atoms with Gasteiger partial charge in [-0.1, -0.05) is 13.8 Å². The number of rotatable bonds is 2. The lowest BCUT2D eigenvalue weighted by Crippen LogP contribution is -2.53. The molecule has 1 aliphatic carbocycles. The van der Waals surface area contributed by atoms with Crippen LogP contribution in [-0.4, -0.2) is 22.6 Å². The molecular formula is C12H20O4. The van der Waals surface area contributed by atoms with Gasteiger partial charge in [-0.15, -0.1) is 0 Å². The van der Waals surface area contributed by atoms with Crippen LogP contribution in [0.2, 0.25) is 0 Å². The average Bonchev–Trinajstić information content (AvgIpc) is 1.97. The van der Waals surface area contributed by atoms with Crippen molar-refractivity contribution in [2.75, 3.05) is 0 Å². The van der Waals surface area contributed by atoms with Gasteiger partial charge in [-0.05, 0) is 32.6 Å². The van der Waals surface area contributed by atoms with Crippen LogP contribution in [-0.2, 0) is 14.3 Å². The molecule has 0 saturated heterocycles. The normalized spacial score (nSPS) is 28.1. The Hall–Kier alpha value is -1.06. The second kappa shape index (κ2) is 3.75. The van der Waals surface area contributed by atoms with E-state index >= 15 is 0 Å². The second-order valence-corrected chi connectivity index (χ2v) is 6.03. The number of esters is 1. The third-order valence-electron chi connectivity index (χ3n) is 3.26. The zero-order chi connectivity index (χ0) is 12.7. The molecule has 0 aromatic rings. The van der Waals surface area contributed by atoms with E-state index in [9.17, 15) is 9.59 Å². The molecule has 0 bridgehead atoms. The summed E-state index contributed by atoms with van der Waals surface area (Å²) in [6.45, 7) is 9.05. The van der Waals surface area contributed by atoms with Crippen molar-refractivity contribution in [3.63, 3.8) is 0 Å². The minimum Gasteiger partial charge on any atom is -0.481 e. The maximum atomic E-state index is 11.8. The zero-order valence-corrected chi connectivity index (χ0v) is 10.5. The van der Waals surface area contributed by atoms with E-state index in [1.807, 2.05) is 34.6 Å². The van der Waals surface area contributed by atoms with Crippen LogP contribution in [0, 0.1) is 17.3 Å². The molecule has 4 nitrogen and oxygen atoms in total. The summed E-state index contributed by atoms with van der Waals surface area (Å²) >= 11 is 0. The standard InChI is InChI=1S/C12H20O4/c1-11(2,3)16-10(15)8-6-7(9(13)14)12(8,4)5/h7-8H,6H2,1-5H3,(H,13,14)/t7-,8+/m0/s1. The van der Waals surface area contributed by atoms with Gasteiger partial charge in [-0.25, -0.2) is 0 Å². The number of ether oxygens (including phenoxy) is 1. The first kappa shape index (κ1) is 13.0. The lowest BCUT2D eigenvalue weighted by molar-refractivity contribution is -0.183. The Morgan fingerprint density at radius 3 is 2.06 bits per heavy atom. The van der Waals surface area contributed by atoms with Crippen LogP contribution in [0.1, 0.15) is 41.0 Å². The van der Waals surface area contributed by atoms with Crippen LogP contribution in [0.25, 0.3) is 0 Å². The topological polar surface area (TPSA) is 63.6 Å². The molecule has 92 valence electrons. The molecule has 2 atom stereocenters. The first-order chi connectivity index (χ1) is 7.05. The molecule has 0 heterocycles. The van der Waals surface area contributed by atoms with E-state index < -0.39 is 22.9 Å². The Labute approximate surface area is 96.0 Å². The van der Waals surface area contributed by atoms with E-state index in [4.69, 9.17) is 9.84 Å². The summed E-state index contributed by atoms with van der Waals surface area (Å²) in [4.78, 5) is 22.7. The van der Waals surface area contributed by atoms with Crippen LogP contribution >= 0.6 is 0 Å². The maximum Gasteiger partial charge on any atom is 0.310 e. The SMILES string of the molecule is CC(C)(C)OC(=O)[C@H]1C[C@@H](C(=O)O)C1(C)C. The Morgan fingerprint density at radius 1 is 1.25 bits per heavy atom. The molecular weight excluding hydrogens is 208 g/mol. The van der Waals surface area contributed by atoms with Crippen LogP contribution in [0.3, 0.4) is 0 Å². The largest absolute Gasteiger partial charge is 0.481 e. The molecule has 0 spiro atoms. The highest BCUT2D eigenvalue weighted by Gasteiger charge is 2.56. The minimum atomic E-state index is -0.829. The number of carbonyl (C=O) groups excluding carboxylic acids is 1. The predicted molar refractivity (Wildman–Crippen MR) is 58.9 cm³/mol. The Kier molecular flexibility index (Phi) is 3.05. The van der Waals surface area contributed by atoms with Gasteiger partial charge in [0.2, 0.25) is 0 Å². The van der Waals surface area contributed by atoms with Gasteiger partial charge in [0.1, 0.15) is 5.60 Å². The Bertz CT molecular complexity index is 311. The average molecular weight is 228 g/mol. The molecule has 1 rings (SSSR count). The molecule has 1 saturated carbocycles. The smallest absolute Gasteiger partial charge is 0.310 e. The predicted octanol–water partition coefficient (Wildman–Crippen LogP) is 2.08. The first-order valence-corrected chi connectivity index (χ1v) is 5.51. The van der Waals surface area contributed by atoms with Gasteiger partial charge in [0.05, 0.1) is 11.8 Å². The summed E-state index contributed by atoms with van der Waals surface area (Å²) in [5, 5.41) is 8.95. The Morgan fingerprint density at radius 2 is 1.75 bits per heavy atom. The molecule has 0 aromatic carbocycles. The van der Waals surface area contributed by atoms with Gasteiger partial charge in [0, 0.05) is 0 Å². The fraction of sp³-hybridized carbons (Fsp3) is 0.833. The van der Waals surface area contributed by atoms with Crippen molar-refractivity contribution in [2.24, 2.45) is 17.3 Å². The number of carboxylic acid groups (broad SMARTS) is 1. The molecule has 0 radical (unpaired) electrons. The number of carbonyl (C=O) groups is 2. The van der Waals surface area contributed by atoms with Crippen LogP contribution in [0.4, 0.5) is 0 Å². The second-order valence-electron chi connectivity index (χ2n) is 6.03. The molecule has 4 heteroatoms. The molecule has 1 fully saturated rings. The minimum absolute atomic E-state index is 0.282. The highest BCUT2D eigenvalue weighted by atomic mass is 16.6. The molecule has 0 amide bonds. The van der Waals surface area contributed by atoms with Gasteiger partial charge >= 0.3 is 11.9 Å². The number of carboxylic acids is 1. The lowest BCUT2D eigenvalue weighted by Gasteiger charge is -2.48. The van der Waals surface area contributed by atoms with E-state index in [2.05, 4.69) is 0 Å². The fourth-order valence-corrected chi connectivity index (χ4v) is 2.12. The van der Waals surface area contributed by atoms with Crippen molar-refractivity contribution >= 4 is 11.9 Å². The number of hydrogen-bond donors (Lipinski definition) is 1. The van der Waals surface area contributed by atoms with Crippen molar-refractivity contribution in [2.45, 2.75) is 46.6 Å². The third kappa shape index (κ3) is 2.36. The summed E-state index contributed by atoms with van der Waals surface area (Å²) in [6.07, 6.45) is 0.386. The summed E-state index contributed by atoms with van der Waals surface area (Å²) < 4.78 is 5.27. The number of hydrogen-bond acceptors (Lipinski definition) is 3. The van der Waals surface area contributed by atoms with Gasteiger partial charge < -0.3 is 9.84 Å². The number of aliphatic carboxylic acids is 1. The fourth-order valence-electron chi connectivity index (χ4n) is 2.12. The summed E-state index contributed by atoms with van der Waals surface area (Å²) in [5.74, 6) is -1.85. The summed E-state index contributed by atoms with van der Waals surface area (Å²) in [7, 11) is 0. The molecule has 1 aliphatic rings. The summed E-state index contributed by atoms with van der Waals surface area (Å²) in [5.41, 5.74) is -1.02.